The van der Waals surface area contributed by atoms with Crippen molar-refractivity contribution in [1.82, 2.24) is 4.98 Å². The Morgan fingerprint density at radius 1 is 1.00 bits per heavy atom. The Balaban J connectivity index is 1.99. The van der Waals surface area contributed by atoms with Gasteiger partial charge in [-0.15, -0.1) is 0 Å². The molecule has 2 aromatic heterocycles. The molecule has 4 rings (SSSR count). The van der Waals surface area contributed by atoms with Gasteiger partial charge >= 0.3 is 0 Å². The maximum atomic E-state index is 6.45. The summed E-state index contributed by atoms with van der Waals surface area (Å²) in [6, 6.07) is 15.3. The summed E-state index contributed by atoms with van der Waals surface area (Å²) in [5.41, 5.74) is 6.77. The molecule has 156 valence electrons. The molecule has 0 atom stereocenters. The minimum atomic E-state index is -1.54. The first kappa shape index (κ1) is 20.9. The zero-order valence-corrected chi connectivity index (χ0v) is 20.4. The average molecular weight is 416 g/mol. The number of benzene rings is 2. The fourth-order valence-corrected chi connectivity index (χ4v) is 6.07. The van der Waals surface area contributed by atoms with E-state index in [-0.39, 0.29) is 5.41 Å². The minimum Gasteiger partial charge on any atom is -0.455 e. The molecule has 0 amide bonds. The van der Waals surface area contributed by atoms with Crippen LogP contribution in [0.25, 0.3) is 33.2 Å². The number of para-hydroxylation sites is 1. The highest BCUT2D eigenvalue weighted by Crippen LogP contribution is 2.38. The summed E-state index contributed by atoms with van der Waals surface area (Å²) in [5, 5.41) is 3.94. The predicted octanol–water partition coefficient (Wildman–Crippen LogP) is 7.58. The monoisotopic (exact) mass is 415 g/mol. The van der Waals surface area contributed by atoms with Crippen LogP contribution >= 0.6 is 0 Å². The fourth-order valence-electron chi connectivity index (χ4n) is 4.48. The lowest BCUT2D eigenvalue weighted by Crippen LogP contribution is -2.37. The number of pyridine rings is 1. The number of aromatic nitrogens is 1. The normalized spacial score (nSPS) is 12.8. The lowest BCUT2D eigenvalue weighted by atomic mass is 9.78. The Hall–Kier alpha value is -2.39. The van der Waals surface area contributed by atoms with Crippen LogP contribution in [0.1, 0.15) is 44.7 Å². The van der Waals surface area contributed by atoms with Crippen LogP contribution in [0.3, 0.4) is 0 Å². The number of fused-ring (bicyclic) bond motifs is 3. The van der Waals surface area contributed by atoms with Gasteiger partial charge in [0.25, 0.3) is 0 Å². The highest BCUT2D eigenvalue weighted by Gasteiger charge is 2.26. The molecule has 0 aliphatic rings. The summed E-state index contributed by atoms with van der Waals surface area (Å²) >= 11 is 0. The van der Waals surface area contributed by atoms with E-state index in [1.54, 1.807) is 0 Å². The van der Waals surface area contributed by atoms with Gasteiger partial charge in [-0.05, 0) is 53.6 Å². The third kappa shape index (κ3) is 3.29. The van der Waals surface area contributed by atoms with Crippen molar-refractivity contribution in [2.45, 2.75) is 65.6 Å². The van der Waals surface area contributed by atoms with E-state index in [1.165, 1.54) is 27.1 Å². The molecule has 2 aromatic carbocycles. The van der Waals surface area contributed by atoms with Crippen LogP contribution in [0, 0.1) is 6.92 Å². The van der Waals surface area contributed by atoms with Crippen LogP contribution in [-0.4, -0.2) is 13.1 Å². The molecule has 0 saturated heterocycles. The van der Waals surface area contributed by atoms with Gasteiger partial charge in [0, 0.05) is 22.5 Å². The molecule has 2 nitrogen and oxygen atoms in total. The van der Waals surface area contributed by atoms with Crippen molar-refractivity contribution in [3.8, 4) is 11.3 Å². The number of furan rings is 1. The Labute approximate surface area is 181 Å². The number of aryl methyl sites for hydroxylation is 1. The second-order valence-corrected chi connectivity index (χ2v) is 14.9. The third-order valence-electron chi connectivity index (χ3n) is 6.93. The Morgan fingerprint density at radius 3 is 2.33 bits per heavy atom. The molecule has 0 spiro atoms. The zero-order chi connectivity index (χ0) is 21.7. The second-order valence-electron chi connectivity index (χ2n) is 9.87. The van der Waals surface area contributed by atoms with Gasteiger partial charge in [0.15, 0.2) is 0 Å². The van der Waals surface area contributed by atoms with Gasteiger partial charge in [0.05, 0.1) is 13.8 Å². The molecule has 0 saturated carbocycles. The predicted molar refractivity (Wildman–Crippen MR) is 133 cm³/mol. The summed E-state index contributed by atoms with van der Waals surface area (Å²) in [4.78, 5) is 4.97. The van der Waals surface area contributed by atoms with E-state index >= 15 is 0 Å². The average Bonchev–Trinajstić information content (AvgIpc) is 3.11. The van der Waals surface area contributed by atoms with Gasteiger partial charge in [-0.25, -0.2) is 0 Å². The smallest absolute Gasteiger partial charge is 0.144 e. The summed E-state index contributed by atoms with van der Waals surface area (Å²) in [6.07, 6.45) is 4.31. The topological polar surface area (TPSA) is 26.0 Å². The van der Waals surface area contributed by atoms with Crippen LogP contribution < -0.4 is 5.19 Å². The lowest BCUT2D eigenvalue weighted by Gasteiger charge is -2.27. The van der Waals surface area contributed by atoms with Crippen molar-refractivity contribution < 1.29 is 4.42 Å². The number of hydrogen-bond acceptors (Lipinski definition) is 2. The van der Waals surface area contributed by atoms with Crippen molar-refractivity contribution in [2.75, 3.05) is 0 Å². The van der Waals surface area contributed by atoms with E-state index in [2.05, 4.69) is 89.9 Å². The Morgan fingerprint density at radius 2 is 1.70 bits per heavy atom. The van der Waals surface area contributed by atoms with Crippen molar-refractivity contribution in [3.05, 3.63) is 59.8 Å². The highest BCUT2D eigenvalue weighted by molar-refractivity contribution is 6.90. The molecule has 0 aliphatic heterocycles. The third-order valence-corrected chi connectivity index (χ3v) is 8.96. The van der Waals surface area contributed by atoms with Crippen molar-refractivity contribution >= 4 is 35.2 Å². The summed E-state index contributed by atoms with van der Waals surface area (Å²) in [6.45, 7) is 16.2. The van der Waals surface area contributed by atoms with Crippen LogP contribution in [0.5, 0.6) is 0 Å². The first-order valence-corrected chi connectivity index (χ1v) is 14.6. The molecule has 4 aromatic rings. The molecule has 0 N–H and O–H groups in total. The largest absolute Gasteiger partial charge is 0.455 e. The van der Waals surface area contributed by atoms with Gasteiger partial charge < -0.3 is 4.42 Å². The summed E-state index contributed by atoms with van der Waals surface area (Å²) in [5.74, 6) is 0. The number of rotatable bonds is 5. The Kier molecular flexibility index (Phi) is 5.14. The van der Waals surface area contributed by atoms with Gasteiger partial charge in [-0.1, -0.05) is 70.7 Å². The first-order valence-electron chi connectivity index (χ1n) is 11.1. The zero-order valence-electron chi connectivity index (χ0n) is 19.4. The number of hydrogen-bond donors (Lipinski definition) is 0. The van der Waals surface area contributed by atoms with Crippen molar-refractivity contribution in [2.24, 2.45) is 0 Å². The molecule has 0 aliphatic carbocycles. The fraction of sp³-hybridized carbons (Fsp3) is 0.370. The maximum Gasteiger partial charge on any atom is 0.144 e. The van der Waals surface area contributed by atoms with E-state index in [4.69, 9.17) is 9.40 Å². The molecule has 0 bridgehead atoms. The maximum absolute atomic E-state index is 6.45. The quantitative estimate of drug-likeness (QED) is 0.314. The van der Waals surface area contributed by atoms with E-state index in [1.807, 2.05) is 6.07 Å². The lowest BCUT2D eigenvalue weighted by molar-refractivity contribution is 0.437. The molecular formula is C27H33NOSi. The molecule has 2 heterocycles. The minimum absolute atomic E-state index is 0.173. The van der Waals surface area contributed by atoms with Gasteiger partial charge in [0.1, 0.15) is 11.2 Å². The van der Waals surface area contributed by atoms with Gasteiger partial charge in [0.2, 0.25) is 0 Å². The highest BCUT2D eigenvalue weighted by atomic mass is 28.3. The molecule has 30 heavy (non-hydrogen) atoms. The van der Waals surface area contributed by atoms with Crippen molar-refractivity contribution in [1.29, 1.82) is 0 Å². The standard InChI is InChI=1S/C27H33NOSi/c1-8-27(4,9-2)19-16-18(3)25(28-17-19)21-14-15-23(30(5,6)7)24-20-12-10-11-13-22(20)29-26(21)24/h10-17H,8-9H2,1-7H3. The molecule has 0 unspecified atom stereocenters. The van der Waals surface area contributed by atoms with E-state index in [9.17, 15) is 0 Å². The van der Waals surface area contributed by atoms with E-state index in [0.29, 0.717) is 0 Å². The van der Waals surface area contributed by atoms with Crippen LogP contribution in [0.2, 0.25) is 19.6 Å². The van der Waals surface area contributed by atoms with E-state index < -0.39 is 8.07 Å². The van der Waals surface area contributed by atoms with E-state index in [0.717, 1.165) is 35.3 Å². The summed E-state index contributed by atoms with van der Waals surface area (Å²) < 4.78 is 6.45. The SMILES string of the molecule is CCC(C)(CC)c1cnc(-c2ccc([Si](C)(C)C)c3c2oc2ccccc23)c(C)c1. The van der Waals surface area contributed by atoms with Crippen LogP contribution in [0.15, 0.2) is 53.1 Å². The molecule has 0 fully saturated rings. The van der Waals surface area contributed by atoms with Gasteiger partial charge in [-0.2, -0.15) is 0 Å². The second kappa shape index (κ2) is 7.38. The first-order chi connectivity index (χ1) is 14.2. The molecule has 0 radical (unpaired) electrons. The number of nitrogens with zero attached hydrogens (tertiary/aromatic N) is 1. The Bertz CT molecular complexity index is 1230. The van der Waals surface area contributed by atoms with Crippen molar-refractivity contribution in [3.63, 3.8) is 0 Å². The van der Waals surface area contributed by atoms with Crippen LogP contribution in [0.4, 0.5) is 0 Å². The summed E-state index contributed by atoms with van der Waals surface area (Å²) in [7, 11) is -1.54. The van der Waals surface area contributed by atoms with Gasteiger partial charge in [-0.3, -0.25) is 4.98 Å². The molecular weight excluding hydrogens is 382 g/mol. The molecule has 3 heteroatoms. The van der Waals surface area contributed by atoms with Crippen LogP contribution in [-0.2, 0) is 5.41 Å².